The normalized spacial score (nSPS) is 13.0. The van der Waals surface area contributed by atoms with E-state index in [2.05, 4.69) is 190 Å². The summed E-state index contributed by atoms with van der Waals surface area (Å²) < 4.78 is 6.52. The molecule has 11 aromatic rings. The van der Waals surface area contributed by atoms with Crippen LogP contribution in [0.4, 0.5) is 0 Å². The van der Waals surface area contributed by atoms with Crippen molar-refractivity contribution in [1.82, 2.24) is 9.97 Å². The van der Waals surface area contributed by atoms with E-state index in [4.69, 9.17) is 14.4 Å². The molecule has 0 saturated heterocycles. The second kappa shape index (κ2) is 13.2. The van der Waals surface area contributed by atoms with Crippen molar-refractivity contribution in [2.75, 3.05) is 0 Å². The van der Waals surface area contributed by atoms with Gasteiger partial charge in [0.25, 0.3) is 0 Å². The molecule has 0 spiro atoms. The van der Waals surface area contributed by atoms with E-state index in [0.717, 1.165) is 66.7 Å². The highest BCUT2D eigenvalue weighted by molar-refractivity contribution is 6.23. The minimum Gasteiger partial charge on any atom is -0.456 e. The Labute approximate surface area is 348 Å². The van der Waals surface area contributed by atoms with Gasteiger partial charge in [0.05, 0.1) is 11.4 Å². The van der Waals surface area contributed by atoms with Gasteiger partial charge in [0.1, 0.15) is 11.2 Å². The minimum absolute atomic E-state index is 0.123. The maximum atomic E-state index is 6.52. The first-order chi connectivity index (χ1) is 29.5. The highest BCUT2D eigenvalue weighted by Gasteiger charge is 2.37. The van der Waals surface area contributed by atoms with Gasteiger partial charge >= 0.3 is 0 Å². The first-order valence-corrected chi connectivity index (χ1v) is 20.6. The number of aromatic nitrogens is 2. The molecule has 9 aromatic carbocycles. The molecule has 0 aliphatic heterocycles. The molecule has 0 unspecified atom stereocenters. The van der Waals surface area contributed by atoms with Crippen LogP contribution in [0.25, 0.3) is 111 Å². The van der Waals surface area contributed by atoms with Crippen LogP contribution in [0.3, 0.4) is 0 Å². The predicted molar refractivity (Wildman–Crippen MR) is 249 cm³/mol. The molecular weight excluding hydrogens is 729 g/mol. The molecule has 2 aromatic heterocycles. The number of furan rings is 1. The zero-order valence-electron chi connectivity index (χ0n) is 33.3. The smallest absolute Gasteiger partial charge is 0.160 e. The molecule has 1 aliphatic rings. The molecule has 2 heterocycles. The van der Waals surface area contributed by atoms with E-state index < -0.39 is 0 Å². The average Bonchev–Trinajstić information content (AvgIpc) is 3.80. The van der Waals surface area contributed by atoms with Gasteiger partial charge < -0.3 is 4.42 Å². The lowest BCUT2D eigenvalue weighted by Gasteiger charge is -2.22. The monoisotopic (exact) mass is 766 g/mol. The number of nitrogens with zero attached hydrogens (tertiary/aromatic N) is 2. The summed E-state index contributed by atoms with van der Waals surface area (Å²) in [6, 6.07) is 69.4. The summed E-state index contributed by atoms with van der Waals surface area (Å²) in [6.45, 7) is 4.71. The van der Waals surface area contributed by atoms with Gasteiger partial charge in [0.2, 0.25) is 0 Å². The standard InChI is InChI=1S/C57H38N2O/c1-57(2)47-27-13-25-42(53(47)46-32-37-18-6-7-19-38(37)33-48(46)57)39-20-12-21-40(31-39)49-34-50(59-56(58-49)36-16-4-3-5-17-36)44-24-11-10-23-43(44)45-26-14-28-51-55(45)54-41-22-9-8-15-35(41)29-30-52(54)60-51/h3-34H,1-2H3. The third kappa shape index (κ3) is 5.29. The van der Waals surface area contributed by atoms with Gasteiger partial charge in [-0.15, -0.1) is 0 Å². The van der Waals surface area contributed by atoms with Gasteiger partial charge in [-0.1, -0.05) is 172 Å². The molecule has 282 valence electrons. The lowest BCUT2D eigenvalue weighted by atomic mass is 9.81. The average molecular weight is 767 g/mol. The Morgan fingerprint density at radius 2 is 1.02 bits per heavy atom. The van der Waals surface area contributed by atoms with Crippen molar-refractivity contribution in [3.63, 3.8) is 0 Å². The molecule has 1 aliphatic carbocycles. The van der Waals surface area contributed by atoms with Crippen LogP contribution >= 0.6 is 0 Å². The molecule has 0 amide bonds. The van der Waals surface area contributed by atoms with Crippen LogP contribution in [-0.2, 0) is 5.41 Å². The molecule has 3 nitrogen and oxygen atoms in total. The Morgan fingerprint density at radius 3 is 1.88 bits per heavy atom. The van der Waals surface area contributed by atoms with Gasteiger partial charge in [-0.3, -0.25) is 0 Å². The first-order valence-electron chi connectivity index (χ1n) is 20.6. The zero-order valence-corrected chi connectivity index (χ0v) is 33.3. The molecule has 0 atom stereocenters. The molecule has 12 rings (SSSR count). The van der Waals surface area contributed by atoms with Crippen molar-refractivity contribution in [3.05, 3.63) is 205 Å². The summed E-state index contributed by atoms with van der Waals surface area (Å²) in [4.78, 5) is 10.6. The Kier molecular flexibility index (Phi) is 7.58. The fourth-order valence-electron chi connectivity index (χ4n) is 9.76. The fraction of sp³-hybridized carbons (Fsp3) is 0.0526. The van der Waals surface area contributed by atoms with Gasteiger partial charge in [0.15, 0.2) is 5.82 Å². The van der Waals surface area contributed by atoms with Crippen molar-refractivity contribution in [2.24, 2.45) is 0 Å². The second-order valence-electron chi connectivity index (χ2n) is 16.5. The van der Waals surface area contributed by atoms with Crippen molar-refractivity contribution >= 4 is 43.5 Å². The summed E-state index contributed by atoms with van der Waals surface area (Å²) in [6.07, 6.45) is 0. The number of benzene rings is 9. The summed E-state index contributed by atoms with van der Waals surface area (Å²) in [5.74, 6) is 0.685. The van der Waals surface area contributed by atoms with E-state index in [1.807, 2.05) is 18.2 Å². The molecule has 0 bridgehead atoms. The Morgan fingerprint density at radius 1 is 0.383 bits per heavy atom. The first kappa shape index (κ1) is 34.4. The number of hydrogen-bond donors (Lipinski definition) is 0. The largest absolute Gasteiger partial charge is 0.456 e. The lowest BCUT2D eigenvalue weighted by molar-refractivity contribution is 0.661. The molecule has 60 heavy (non-hydrogen) atoms. The molecule has 0 N–H and O–H groups in total. The van der Waals surface area contributed by atoms with Crippen LogP contribution in [0.5, 0.6) is 0 Å². The lowest BCUT2D eigenvalue weighted by Crippen LogP contribution is -2.14. The molecule has 0 radical (unpaired) electrons. The summed E-state index contributed by atoms with van der Waals surface area (Å²) in [7, 11) is 0. The van der Waals surface area contributed by atoms with Crippen LogP contribution in [0.15, 0.2) is 199 Å². The predicted octanol–water partition coefficient (Wildman–Crippen LogP) is 15.3. The molecular formula is C57H38N2O. The summed E-state index contributed by atoms with van der Waals surface area (Å²) in [5, 5.41) is 7.14. The maximum Gasteiger partial charge on any atom is 0.160 e. The van der Waals surface area contributed by atoms with Gasteiger partial charge in [0, 0.05) is 32.9 Å². The topological polar surface area (TPSA) is 38.9 Å². The molecule has 3 heteroatoms. The SMILES string of the molecule is CC1(C)c2cc3ccccc3cc2-c2c(-c3cccc(-c4cc(-c5ccccc5-c5cccc6oc7ccc8ccccc8c7c56)nc(-c5ccccc5)n4)c3)cccc21. The van der Waals surface area contributed by atoms with E-state index in [-0.39, 0.29) is 5.41 Å². The highest BCUT2D eigenvalue weighted by Crippen LogP contribution is 2.53. The van der Waals surface area contributed by atoms with E-state index in [9.17, 15) is 0 Å². The van der Waals surface area contributed by atoms with Crippen LogP contribution in [0.2, 0.25) is 0 Å². The van der Waals surface area contributed by atoms with Crippen LogP contribution in [0, 0.1) is 0 Å². The van der Waals surface area contributed by atoms with Crippen molar-refractivity contribution in [2.45, 2.75) is 19.3 Å². The van der Waals surface area contributed by atoms with Gasteiger partial charge in [-0.25, -0.2) is 9.97 Å². The molecule has 0 fully saturated rings. The van der Waals surface area contributed by atoms with Crippen LogP contribution < -0.4 is 0 Å². The summed E-state index contributed by atoms with van der Waals surface area (Å²) >= 11 is 0. The third-order valence-electron chi connectivity index (χ3n) is 12.7. The van der Waals surface area contributed by atoms with Crippen LogP contribution in [0.1, 0.15) is 25.0 Å². The van der Waals surface area contributed by atoms with Crippen molar-refractivity contribution in [1.29, 1.82) is 0 Å². The number of fused-ring (bicyclic) bond motifs is 9. The van der Waals surface area contributed by atoms with E-state index in [0.29, 0.717) is 5.82 Å². The van der Waals surface area contributed by atoms with Crippen molar-refractivity contribution < 1.29 is 4.42 Å². The number of hydrogen-bond acceptors (Lipinski definition) is 3. The third-order valence-corrected chi connectivity index (χ3v) is 12.7. The maximum absolute atomic E-state index is 6.52. The minimum atomic E-state index is -0.123. The zero-order chi connectivity index (χ0) is 40.0. The van der Waals surface area contributed by atoms with E-state index in [1.54, 1.807) is 0 Å². The fourth-order valence-corrected chi connectivity index (χ4v) is 9.76. The highest BCUT2D eigenvalue weighted by atomic mass is 16.3. The molecule has 0 saturated carbocycles. The Balaban J connectivity index is 1.05. The van der Waals surface area contributed by atoms with Gasteiger partial charge in [-0.05, 0) is 102 Å². The van der Waals surface area contributed by atoms with E-state index >= 15 is 0 Å². The Bertz CT molecular complexity index is 3520. The van der Waals surface area contributed by atoms with Gasteiger partial charge in [-0.2, -0.15) is 0 Å². The number of rotatable bonds is 5. The Hall–Kier alpha value is -7.62. The second-order valence-corrected chi connectivity index (χ2v) is 16.5. The van der Waals surface area contributed by atoms with Crippen LogP contribution in [-0.4, -0.2) is 9.97 Å². The van der Waals surface area contributed by atoms with E-state index in [1.165, 1.54) is 49.4 Å². The van der Waals surface area contributed by atoms with Crippen molar-refractivity contribution in [3.8, 4) is 67.3 Å². The quantitative estimate of drug-likeness (QED) is 0.175. The summed E-state index contributed by atoms with van der Waals surface area (Å²) in [5.41, 5.74) is 16.3.